The molecule has 2 nitrogen and oxygen atoms in total. The second kappa shape index (κ2) is 7.62. The summed E-state index contributed by atoms with van der Waals surface area (Å²) < 4.78 is 0. The fraction of sp³-hybridized carbons (Fsp3) is 0.444. The molecule has 114 valence electrons. The van der Waals surface area contributed by atoms with Crippen LogP contribution in [0.15, 0.2) is 35.7 Å². The minimum absolute atomic E-state index is 0.696. The summed E-state index contributed by atoms with van der Waals surface area (Å²) in [6.45, 7) is 9.68. The third kappa shape index (κ3) is 4.87. The summed E-state index contributed by atoms with van der Waals surface area (Å²) in [7, 11) is 2.16. The molecule has 2 rings (SSSR count). The van der Waals surface area contributed by atoms with Crippen LogP contribution in [0.2, 0.25) is 0 Å². The Bertz CT molecular complexity index is 546. The fourth-order valence-corrected chi connectivity index (χ4v) is 3.10. The summed E-state index contributed by atoms with van der Waals surface area (Å²) in [5.41, 5.74) is 4.04. The van der Waals surface area contributed by atoms with Gasteiger partial charge in [-0.1, -0.05) is 26.0 Å². The highest BCUT2D eigenvalue weighted by molar-refractivity contribution is 7.09. The quantitative estimate of drug-likeness (QED) is 0.813. The van der Waals surface area contributed by atoms with E-state index in [2.05, 4.69) is 73.7 Å². The van der Waals surface area contributed by atoms with Crippen molar-refractivity contribution in [1.29, 1.82) is 0 Å². The summed E-state index contributed by atoms with van der Waals surface area (Å²) in [4.78, 5) is 3.71. The number of nitrogens with zero attached hydrogens (tertiary/aromatic N) is 1. The van der Waals surface area contributed by atoms with Crippen LogP contribution in [0.25, 0.3) is 0 Å². The van der Waals surface area contributed by atoms with Crippen LogP contribution >= 0.6 is 11.3 Å². The van der Waals surface area contributed by atoms with Gasteiger partial charge in [0.1, 0.15) is 0 Å². The topological polar surface area (TPSA) is 15.3 Å². The molecule has 0 spiro atoms. The largest absolute Gasteiger partial charge is 0.369 e. The van der Waals surface area contributed by atoms with Crippen molar-refractivity contribution in [3.05, 3.63) is 51.7 Å². The molecule has 1 N–H and O–H groups in total. The average Bonchev–Trinajstić information content (AvgIpc) is 2.93. The van der Waals surface area contributed by atoms with E-state index in [1.807, 2.05) is 11.3 Å². The van der Waals surface area contributed by atoms with E-state index in [0.717, 1.165) is 19.6 Å². The van der Waals surface area contributed by atoms with Gasteiger partial charge >= 0.3 is 0 Å². The zero-order valence-electron chi connectivity index (χ0n) is 13.5. The van der Waals surface area contributed by atoms with Crippen LogP contribution in [-0.4, -0.2) is 13.6 Å². The molecule has 0 unspecified atom stereocenters. The van der Waals surface area contributed by atoms with E-state index < -0.39 is 0 Å². The van der Waals surface area contributed by atoms with E-state index in [1.54, 1.807) is 0 Å². The number of nitrogens with one attached hydrogen (secondary N) is 1. The van der Waals surface area contributed by atoms with Gasteiger partial charge in [0.2, 0.25) is 0 Å². The molecule has 0 aliphatic carbocycles. The summed E-state index contributed by atoms with van der Waals surface area (Å²) in [5, 5.41) is 5.65. The van der Waals surface area contributed by atoms with Gasteiger partial charge < -0.3 is 10.2 Å². The predicted molar refractivity (Wildman–Crippen MR) is 94.1 cm³/mol. The SMILES string of the molecule is Cc1cc(N(C)Cc2cccs2)ccc1CNCC(C)C. The number of benzene rings is 1. The fourth-order valence-electron chi connectivity index (χ4n) is 2.34. The molecule has 0 amide bonds. The lowest BCUT2D eigenvalue weighted by molar-refractivity contribution is 0.551. The molecule has 2 aromatic rings. The first-order chi connectivity index (χ1) is 10.1. The molecule has 0 atom stereocenters. The van der Waals surface area contributed by atoms with Crippen LogP contribution in [0.5, 0.6) is 0 Å². The van der Waals surface area contributed by atoms with Crippen molar-refractivity contribution in [3.8, 4) is 0 Å². The van der Waals surface area contributed by atoms with E-state index in [-0.39, 0.29) is 0 Å². The zero-order chi connectivity index (χ0) is 15.2. The Morgan fingerprint density at radius 3 is 2.67 bits per heavy atom. The molecule has 0 saturated carbocycles. The van der Waals surface area contributed by atoms with E-state index in [9.17, 15) is 0 Å². The van der Waals surface area contributed by atoms with E-state index in [4.69, 9.17) is 0 Å². The molecule has 1 aromatic heterocycles. The van der Waals surface area contributed by atoms with Gasteiger partial charge in [-0.25, -0.2) is 0 Å². The average molecular weight is 302 g/mol. The van der Waals surface area contributed by atoms with E-state index in [0.29, 0.717) is 5.92 Å². The van der Waals surface area contributed by atoms with Crippen molar-refractivity contribution in [3.63, 3.8) is 0 Å². The van der Waals surface area contributed by atoms with Crippen molar-refractivity contribution in [2.24, 2.45) is 5.92 Å². The zero-order valence-corrected chi connectivity index (χ0v) is 14.3. The molecule has 0 bridgehead atoms. The van der Waals surface area contributed by atoms with Crippen molar-refractivity contribution >= 4 is 17.0 Å². The first kappa shape index (κ1) is 16.1. The van der Waals surface area contributed by atoms with Gasteiger partial charge in [-0.05, 0) is 54.1 Å². The van der Waals surface area contributed by atoms with Crippen LogP contribution in [0.4, 0.5) is 5.69 Å². The molecule has 21 heavy (non-hydrogen) atoms. The standard InChI is InChI=1S/C18H26N2S/c1-14(2)11-19-12-16-7-8-17(10-15(16)3)20(4)13-18-6-5-9-21-18/h5-10,14,19H,11-13H2,1-4H3. The highest BCUT2D eigenvalue weighted by Crippen LogP contribution is 2.21. The van der Waals surface area contributed by atoms with Crippen LogP contribution in [0.1, 0.15) is 29.9 Å². The summed E-state index contributed by atoms with van der Waals surface area (Å²) in [5.74, 6) is 0.696. The maximum atomic E-state index is 3.52. The van der Waals surface area contributed by atoms with E-state index >= 15 is 0 Å². The molecule has 1 heterocycles. The number of rotatable bonds is 7. The summed E-state index contributed by atoms with van der Waals surface area (Å²) in [6.07, 6.45) is 0. The van der Waals surface area contributed by atoms with Gasteiger partial charge in [0.05, 0.1) is 6.54 Å². The summed E-state index contributed by atoms with van der Waals surface area (Å²) in [6, 6.07) is 11.1. The van der Waals surface area contributed by atoms with Crippen LogP contribution in [0, 0.1) is 12.8 Å². The lowest BCUT2D eigenvalue weighted by Gasteiger charge is -2.20. The first-order valence-electron chi connectivity index (χ1n) is 7.60. The Morgan fingerprint density at radius 1 is 1.24 bits per heavy atom. The molecule has 1 aromatic carbocycles. The minimum Gasteiger partial charge on any atom is -0.369 e. The number of aryl methyl sites for hydroxylation is 1. The Labute approximate surface area is 132 Å². The maximum absolute atomic E-state index is 3.52. The monoisotopic (exact) mass is 302 g/mol. The van der Waals surface area contributed by atoms with Crippen molar-refractivity contribution in [2.75, 3.05) is 18.5 Å². The van der Waals surface area contributed by atoms with Crippen molar-refractivity contribution < 1.29 is 0 Å². The van der Waals surface area contributed by atoms with Crippen LogP contribution in [-0.2, 0) is 13.1 Å². The Hall–Kier alpha value is -1.32. The molecule has 0 aliphatic heterocycles. The van der Waals surface area contributed by atoms with Gasteiger partial charge in [0, 0.05) is 24.2 Å². The van der Waals surface area contributed by atoms with Crippen molar-refractivity contribution in [1.82, 2.24) is 5.32 Å². The van der Waals surface area contributed by atoms with Crippen molar-refractivity contribution in [2.45, 2.75) is 33.9 Å². The molecule has 0 saturated heterocycles. The Kier molecular flexibility index (Phi) is 5.83. The first-order valence-corrected chi connectivity index (χ1v) is 8.48. The Balaban J connectivity index is 1.97. The van der Waals surface area contributed by atoms with E-state index in [1.165, 1.54) is 21.7 Å². The second-order valence-electron chi connectivity index (χ2n) is 6.07. The molecule has 0 fully saturated rings. The van der Waals surface area contributed by atoms with Gasteiger partial charge in [-0.15, -0.1) is 11.3 Å². The molecular weight excluding hydrogens is 276 g/mol. The molecular formula is C18H26N2S. The van der Waals surface area contributed by atoms with Gasteiger partial charge in [-0.3, -0.25) is 0 Å². The minimum atomic E-state index is 0.696. The maximum Gasteiger partial charge on any atom is 0.0519 e. The number of hydrogen-bond donors (Lipinski definition) is 1. The Morgan fingerprint density at radius 2 is 2.05 bits per heavy atom. The smallest absolute Gasteiger partial charge is 0.0519 e. The lowest BCUT2D eigenvalue weighted by atomic mass is 10.1. The van der Waals surface area contributed by atoms with Gasteiger partial charge in [0.25, 0.3) is 0 Å². The highest BCUT2D eigenvalue weighted by Gasteiger charge is 2.06. The second-order valence-corrected chi connectivity index (χ2v) is 7.10. The number of anilines is 1. The number of thiophene rings is 1. The molecule has 3 heteroatoms. The van der Waals surface area contributed by atoms with Gasteiger partial charge in [-0.2, -0.15) is 0 Å². The number of hydrogen-bond acceptors (Lipinski definition) is 3. The summed E-state index contributed by atoms with van der Waals surface area (Å²) >= 11 is 1.82. The van der Waals surface area contributed by atoms with Crippen LogP contribution < -0.4 is 10.2 Å². The normalized spacial score (nSPS) is 11.1. The predicted octanol–water partition coefficient (Wildman–Crippen LogP) is 4.44. The van der Waals surface area contributed by atoms with Crippen LogP contribution in [0.3, 0.4) is 0 Å². The third-order valence-corrected chi connectivity index (χ3v) is 4.47. The molecule has 0 aliphatic rings. The third-order valence-electron chi connectivity index (χ3n) is 3.61. The lowest BCUT2D eigenvalue weighted by Crippen LogP contribution is -2.20. The highest BCUT2D eigenvalue weighted by atomic mass is 32.1. The van der Waals surface area contributed by atoms with Gasteiger partial charge in [0.15, 0.2) is 0 Å². The molecule has 0 radical (unpaired) electrons.